The Bertz CT molecular complexity index is 747. The average Bonchev–Trinajstić information content (AvgIpc) is 2.65. The monoisotopic (exact) mass is 408 g/mol. The number of ether oxygens (including phenoxy) is 1. The smallest absolute Gasteiger partial charge is 0.250 e. The first-order valence-corrected chi connectivity index (χ1v) is 9.76. The van der Waals surface area contributed by atoms with Gasteiger partial charge in [-0.05, 0) is 53.6 Å². The van der Waals surface area contributed by atoms with E-state index in [0.29, 0.717) is 17.4 Å². The molecule has 26 heavy (non-hydrogen) atoms. The lowest BCUT2D eigenvalue weighted by atomic mass is 10.2. The molecule has 0 saturated heterocycles. The minimum atomic E-state index is -0.145. The molecule has 0 aliphatic heterocycles. The van der Waals surface area contributed by atoms with Gasteiger partial charge >= 0.3 is 0 Å². The highest BCUT2D eigenvalue weighted by molar-refractivity contribution is 7.99. The van der Waals surface area contributed by atoms with Gasteiger partial charge in [-0.1, -0.05) is 35.3 Å². The summed E-state index contributed by atoms with van der Waals surface area (Å²) in [6, 6.07) is 14.9. The number of nitrogens with zero attached hydrogens (tertiary/aromatic N) is 1. The second kappa shape index (κ2) is 11.6. The minimum Gasteiger partial charge on any atom is -0.490 e. The molecule has 0 aliphatic carbocycles. The number of amides is 1. The third kappa shape index (κ3) is 7.95. The highest BCUT2D eigenvalue weighted by Crippen LogP contribution is 2.15. The molecule has 1 N–H and O–H groups in total. The van der Waals surface area contributed by atoms with Crippen molar-refractivity contribution in [3.05, 3.63) is 76.3 Å². The zero-order valence-electron chi connectivity index (χ0n) is 13.9. The minimum absolute atomic E-state index is 0.145. The van der Waals surface area contributed by atoms with Gasteiger partial charge in [-0.3, -0.25) is 4.79 Å². The molecular formula is C19H18Cl2N2O2S. The number of hydrazone groups is 1. The summed E-state index contributed by atoms with van der Waals surface area (Å²) >= 11 is 12.8. The van der Waals surface area contributed by atoms with Crippen molar-refractivity contribution in [3.8, 4) is 5.75 Å². The van der Waals surface area contributed by atoms with Gasteiger partial charge in [0.25, 0.3) is 0 Å². The van der Waals surface area contributed by atoms with Crippen LogP contribution >= 0.6 is 35.0 Å². The van der Waals surface area contributed by atoms with Crippen LogP contribution in [0.5, 0.6) is 5.75 Å². The summed E-state index contributed by atoms with van der Waals surface area (Å²) in [4.78, 5) is 11.8. The molecule has 0 aliphatic rings. The Balaban J connectivity index is 1.68. The fraction of sp³-hybridized carbons (Fsp3) is 0.158. The van der Waals surface area contributed by atoms with Gasteiger partial charge in [0.15, 0.2) is 0 Å². The Morgan fingerprint density at radius 2 is 1.88 bits per heavy atom. The number of rotatable bonds is 9. The van der Waals surface area contributed by atoms with Crippen LogP contribution in [-0.4, -0.2) is 24.5 Å². The molecule has 2 aromatic rings. The molecule has 0 saturated carbocycles. The molecule has 0 radical (unpaired) electrons. The fourth-order valence-corrected chi connectivity index (χ4v) is 2.86. The van der Waals surface area contributed by atoms with Gasteiger partial charge in [0.05, 0.1) is 12.0 Å². The van der Waals surface area contributed by atoms with E-state index in [9.17, 15) is 4.79 Å². The molecule has 0 heterocycles. The van der Waals surface area contributed by atoms with Crippen molar-refractivity contribution in [1.29, 1.82) is 0 Å². The van der Waals surface area contributed by atoms with Gasteiger partial charge in [-0.25, -0.2) is 5.43 Å². The molecule has 0 atom stereocenters. The normalized spacial score (nSPS) is 11.2. The second-order valence-electron chi connectivity index (χ2n) is 5.15. The third-order valence-corrected chi connectivity index (χ3v) is 4.57. The topological polar surface area (TPSA) is 50.7 Å². The lowest BCUT2D eigenvalue weighted by Crippen LogP contribution is -2.19. The van der Waals surface area contributed by atoms with Crippen molar-refractivity contribution < 1.29 is 9.53 Å². The van der Waals surface area contributed by atoms with Crippen molar-refractivity contribution in [2.75, 3.05) is 12.4 Å². The Morgan fingerprint density at radius 1 is 1.15 bits per heavy atom. The van der Waals surface area contributed by atoms with Gasteiger partial charge in [0.1, 0.15) is 12.4 Å². The summed E-state index contributed by atoms with van der Waals surface area (Å²) in [6.45, 7) is 0.417. The molecule has 4 nitrogen and oxygen atoms in total. The van der Waals surface area contributed by atoms with Gasteiger partial charge in [0.2, 0.25) is 5.91 Å². The first-order valence-electron chi connectivity index (χ1n) is 7.79. The van der Waals surface area contributed by atoms with Crippen molar-refractivity contribution >= 4 is 47.1 Å². The summed E-state index contributed by atoms with van der Waals surface area (Å²) < 4.78 is 5.44. The van der Waals surface area contributed by atoms with Crippen LogP contribution in [-0.2, 0) is 10.5 Å². The quantitative estimate of drug-likeness (QED) is 0.476. The van der Waals surface area contributed by atoms with Gasteiger partial charge in [-0.2, -0.15) is 5.10 Å². The number of hydrogen-bond acceptors (Lipinski definition) is 4. The number of thioether (sulfide) groups is 1. The number of benzene rings is 2. The number of halogens is 2. The van der Waals surface area contributed by atoms with Crippen LogP contribution in [0.15, 0.2) is 65.2 Å². The number of carbonyl (C=O) groups excluding carboxylic acids is 1. The molecule has 136 valence electrons. The van der Waals surface area contributed by atoms with Crippen LogP contribution in [0, 0.1) is 0 Å². The SMILES string of the molecule is O=C(CSCc1ccc(Cl)cc1)NN=Cc1ccc(OCC=CCl)cc1. The van der Waals surface area contributed by atoms with E-state index in [1.54, 1.807) is 12.3 Å². The van der Waals surface area contributed by atoms with Crippen molar-refractivity contribution in [2.45, 2.75) is 5.75 Å². The highest BCUT2D eigenvalue weighted by atomic mass is 35.5. The second-order valence-corrected chi connectivity index (χ2v) is 6.83. The van der Waals surface area contributed by atoms with Gasteiger partial charge in [0, 0.05) is 16.3 Å². The molecule has 0 spiro atoms. The van der Waals surface area contributed by atoms with E-state index in [0.717, 1.165) is 22.6 Å². The number of hydrogen-bond donors (Lipinski definition) is 1. The summed E-state index contributed by atoms with van der Waals surface area (Å²) in [5.41, 5.74) is 5.92. The van der Waals surface area contributed by atoms with E-state index in [1.807, 2.05) is 48.5 Å². The highest BCUT2D eigenvalue weighted by Gasteiger charge is 2.01. The van der Waals surface area contributed by atoms with Gasteiger partial charge < -0.3 is 4.74 Å². The summed E-state index contributed by atoms with van der Waals surface area (Å²) in [7, 11) is 0. The van der Waals surface area contributed by atoms with Crippen molar-refractivity contribution in [3.63, 3.8) is 0 Å². The largest absolute Gasteiger partial charge is 0.490 e. The summed E-state index contributed by atoms with van der Waals surface area (Å²) in [6.07, 6.45) is 3.29. The molecule has 1 amide bonds. The predicted octanol–water partition coefficient (Wildman–Crippen LogP) is 4.85. The number of carbonyl (C=O) groups is 1. The fourth-order valence-electron chi connectivity index (χ4n) is 1.88. The zero-order valence-corrected chi connectivity index (χ0v) is 16.2. The van der Waals surface area contributed by atoms with Crippen LogP contribution < -0.4 is 10.2 Å². The Hall–Kier alpha value is -1.95. The van der Waals surface area contributed by atoms with E-state index in [2.05, 4.69) is 10.5 Å². The Kier molecular flexibility index (Phi) is 9.10. The standard InChI is InChI=1S/C19H18Cl2N2O2S/c20-10-1-11-25-18-8-4-15(5-9-18)12-22-23-19(24)14-26-13-16-2-6-17(21)7-3-16/h1-10,12H,11,13-14H2,(H,23,24). The van der Waals surface area contributed by atoms with E-state index in [-0.39, 0.29) is 5.91 Å². The third-order valence-electron chi connectivity index (χ3n) is 3.13. The Morgan fingerprint density at radius 3 is 2.58 bits per heavy atom. The molecule has 0 aromatic heterocycles. The molecule has 7 heteroatoms. The molecule has 2 rings (SSSR count). The summed E-state index contributed by atoms with van der Waals surface area (Å²) in [5, 5.41) is 4.67. The number of nitrogens with one attached hydrogen (secondary N) is 1. The first kappa shape index (κ1) is 20.4. The van der Waals surface area contributed by atoms with Crippen LogP contribution in [0.1, 0.15) is 11.1 Å². The maximum absolute atomic E-state index is 11.8. The Labute approximate surface area is 167 Å². The van der Waals surface area contributed by atoms with Crippen molar-refractivity contribution in [2.24, 2.45) is 5.10 Å². The van der Waals surface area contributed by atoms with Crippen LogP contribution in [0.25, 0.3) is 0 Å². The van der Waals surface area contributed by atoms with E-state index in [4.69, 9.17) is 27.9 Å². The summed E-state index contributed by atoms with van der Waals surface area (Å²) in [5.74, 6) is 1.67. The molecule has 0 fully saturated rings. The average molecular weight is 409 g/mol. The molecule has 2 aromatic carbocycles. The lowest BCUT2D eigenvalue weighted by molar-refractivity contribution is -0.118. The van der Waals surface area contributed by atoms with Crippen molar-refractivity contribution in [1.82, 2.24) is 5.43 Å². The van der Waals surface area contributed by atoms with Crippen LogP contribution in [0.3, 0.4) is 0 Å². The lowest BCUT2D eigenvalue weighted by Gasteiger charge is -2.03. The molecule has 0 unspecified atom stereocenters. The van der Waals surface area contributed by atoms with Gasteiger partial charge in [-0.15, -0.1) is 11.8 Å². The predicted molar refractivity (Wildman–Crippen MR) is 110 cm³/mol. The maximum Gasteiger partial charge on any atom is 0.250 e. The molecule has 0 bridgehead atoms. The van der Waals surface area contributed by atoms with E-state index in [1.165, 1.54) is 17.3 Å². The first-order chi connectivity index (χ1) is 12.7. The van der Waals surface area contributed by atoms with Crippen LogP contribution in [0.2, 0.25) is 5.02 Å². The van der Waals surface area contributed by atoms with E-state index < -0.39 is 0 Å². The maximum atomic E-state index is 11.8. The van der Waals surface area contributed by atoms with Crippen LogP contribution in [0.4, 0.5) is 0 Å². The zero-order chi connectivity index (χ0) is 18.6. The van der Waals surface area contributed by atoms with E-state index >= 15 is 0 Å². The molecular weight excluding hydrogens is 391 g/mol.